The molecule has 0 saturated carbocycles. The van der Waals surface area contributed by atoms with E-state index in [1.54, 1.807) is 0 Å². The summed E-state index contributed by atoms with van der Waals surface area (Å²) in [6.07, 6.45) is 0.938. The molecule has 2 aliphatic heterocycles. The second-order valence-electron chi connectivity index (χ2n) is 16.9. The number of rotatable bonds is 4. The number of hydrogen-bond acceptors (Lipinski definition) is 7. The molecule has 7 aromatic carbocycles. The number of hydrogen-bond donors (Lipinski definition) is 2. The van der Waals surface area contributed by atoms with Crippen LogP contribution in [0, 0.1) is 0 Å². The minimum Gasteiger partial charge on any atom is -0.507 e. The van der Waals surface area contributed by atoms with E-state index in [2.05, 4.69) is 166 Å². The second kappa shape index (κ2) is 21.7. The van der Waals surface area contributed by atoms with Gasteiger partial charge in [-0.05, 0) is 87.5 Å². The third-order valence-corrected chi connectivity index (χ3v) is 14.0. The monoisotopic (exact) mass is 1140 g/mol. The number of benzene rings is 7. The Bertz CT molecular complexity index is 2520. The largest absolute Gasteiger partial charge is 0.507 e. The molecule has 7 aromatic rings. The first-order valence-corrected chi connectivity index (χ1v) is 25.3. The quantitative estimate of drug-likeness (QED) is 0.170. The molecule has 7 nitrogen and oxygen atoms in total. The molecule has 0 amide bonds. The summed E-state index contributed by atoms with van der Waals surface area (Å²) < 4.78 is 31.0. The molecule has 0 aromatic heterocycles. The summed E-state index contributed by atoms with van der Waals surface area (Å²) in [5.74, 6) is 1.80. The van der Waals surface area contributed by atoms with E-state index in [4.69, 9.17) is 18.9 Å². The second-order valence-corrected chi connectivity index (χ2v) is 20.5. The van der Waals surface area contributed by atoms with Crippen molar-refractivity contribution in [3.8, 4) is 23.0 Å². The van der Waals surface area contributed by atoms with Crippen LogP contribution >= 0.6 is 63.7 Å². The average Bonchev–Trinajstić information content (AvgIpc) is 3.30. The van der Waals surface area contributed by atoms with E-state index in [1.165, 1.54) is 5.56 Å². The minimum absolute atomic E-state index is 0.210. The van der Waals surface area contributed by atoms with Crippen LogP contribution in [0.3, 0.4) is 0 Å². The number of phenolic OH excluding ortho intramolecular Hbond substituents is 2. The summed E-state index contributed by atoms with van der Waals surface area (Å²) in [6.45, 7) is 3.01. The van der Waals surface area contributed by atoms with Crippen molar-refractivity contribution in [1.29, 1.82) is 0 Å². The molecular weight excluding hydrogens is 1090 g/mol. The fourth-order valence-corrected chi connectivity index (χ4v) is 11.4. The Kier molecular flexibility index (Phi) is 15.3. The molecule has 1 aliphatic carbocycles. The van der Waals surface area contributed by atoms with Crippen molar-refractivity contribution >= 4 is 63.7 Å². The Hall–Kier alpha value is -4.46. The summed E-state index contributed by atoms with van der Waals surface area (Å²) in [5.41, 5.74) is 9.85. The van der Waals surface area contributed by atoms with Crippen LogP contribution in [0.25, 0.3) is 0 Å². The van der Waals surface area contributed by atoms with Crippen LogP contribution in [0.4, 0.5) is 0 Å². The number of nitrogens with zero attached hydrogens (tertiary/aromatic N) is 1. The standard InChI is InChI=1S/C55H49Br4NO6/c56-46-24-38-20-42-28-48(58)29-43-21-39-25-47(57)27-41(53(39)62)23-45-31-49(59)30-44(22-40(26-46)52(38)61)55(45)66-19-17-64-51(37-14-8-3-9-15-37)34-60(32-35-10-4-1-5-11-35)33-50(36-12-6-2-7-13-36)63-16-18-65-54(42)43/h1-15,24-31,50-51,61-62H,16-23,32-34H2/t50-,51?/m0/s1. The van der Waals surface area contributed by atoms with Gasteiger partial charge in [-0.2, -0.15) is 0 Å². The first kappa shape index (κ1) is 46.6. The van der Waals surface area contributed by atoms with Crippen LogP contribution < -0.4 is 9.47 Å². The van der Waals surface area contributed by atoms with Gasteiger partial charge < -0.3 is 29.2 Å². The zero-order chi connectivity index (χ0) is 45.6. The fourth-order valence-electron chi connectivity index (χ4n) is 9.14. The highest BCUT2D eigenvalue weighted by atomic mass is 79.9. The normalized spacial score (nSPS) is 17.3. The maximum atomic E-state index is 12.1. The van der Waals surface area contributed by atoms with Gasteiger partial charge in [-0.1, -0.05) is 155 Å². The molecule has 10 rings (SSSR count). The van der Waals surface area contributed by atoms with Gasteiger partial charge in [-0.3, -0.25) is 4.90 Å². The highest BCUT2D eigenvalue weighted by Gasteiger charge is 2.26. The number of ether oxygens (including phenoxy) is 4. The van der Waals surface area contributed by atoms with Crippen LogP contribution in [0.2, 0.25) is 0 Å². The molecule has 0 fully saturated rings. The average molecular weight is 1140 g/mol. The fraction of sp³-hybridized carbons (Fsp3) is 0.236. The van der Waals surface area contributed by atoms with Gasteiger partial charge in [0.1, 0.15) is 36.2 Å². The van der Waals surface area contributed by atoms with Crippen molar-refractivity contribution in [3.05, 3.63) is 219 Å². The molecule has 338 valence electrons. The van der Waals surface area contributed by atoms with Crippen molar-refractivity contribution in [3.63, 3.8) is 0 Å². The lowest BCUT2D eigenvalue weighted by atomic mass is 9.91. The zero-order valence-corrected chi connectivity index (χ0v) is 42.5. The molecule has 0 radical (unpaired) electrons. The molecule has 2 N–H and O–H groups in total. The van der Waals surface area contributed by atoms with E-state index >= 15 is 0 Å². The Morgan fingerprint density at radius 1 is 0.424 bits per heavy atom. The van der Waals surface area contributed by atoms with Crippen LogP contribution in [-0.2, 0) is 41.7 Å². The highest BCUT2D eigenvalue weighted by molar-refractivity contribution is 9.11. The van der Waals surface area contributed by atoms with Crippen LogP contribution in [0.1, 0.15) is 73.4 Å². The number of halogens is 4. The van der Waals surface area contributed by atoms with E-state index in [0.29, 0.717) is 70.0 Å². The van der Waals surface area contributed by atoms with E-state index in [0.717, 1.165) is 73.5 Å². The number of fused-ring (bicyclic) bond motifs is 12. The predicted octanol–water partition coefficient (Wildman–Crippen LogP) is 13.6. The van der Waals surface area contributed by atoms with Gasteiger partial charge in [0.2, 0.25) is 0 Å². The Morgan fingerprint density at radius 3 is 1.09 bits per heavy atom. The molecule has 3 aliphatic rings. The van der Waals surface area contributed by atoms with Gasteiger partial charge >= 0.3 is 0 Å². The van der Waals surface area contributed by atoms with Crippen molar-refractivity contribution in [1.82, 2.24) is 4.90 Å². The van der Waals surface area contributed by atoms with Gasteiger partial charge in [0.05, 0.1) is 25.4 Å². The third kappa shape index (κ3) is 11.4. The van der Waals surface area contributed by atoms with Gasteiger partial charge in [0.25, 0.3) is 0 Å². The molecule has 2 atom stereocenters. The van der Waals surface area contributed by atoms with Crippen LogP contribution in [0.5, 0.6) is 23.0 Å². The molecule has 10 bridgehead atoms. The first-order valence-electron chi connectivity index (χ1n) is 22.1. The molecule has 11 heteroatoms. The Balaban J connectivity index is 1.19. The summed E-state index contributed by atoms with van der Waals surface area (Å²) in [4.78, 5) is 2.43. The van der Waals surface area contributed by atoms with Gasteiger partial charge in [-0.25, -0.2) is 0 Å². The SMILES string of the molecule is Oc1c2cc(Br)cc1Cc1cc(Br)cc3c1OCCO[C@H](c1ccccc1)CN(Cc1ccccc1)CC(c1ccccc1)OCCOc1c(cc(Br)cc1Cc1cc(Br)cc(c1O)C3)C2. The van der Waals surface area contributed by atoms with Gasteiger partial charge in [-0.15, -0.1) is 0 Å². The smallest absolute Gasteiger partial charge is 0.126 e. The van der Waals surface area contributed by atoms with Gasteiger partial charge in [0.15, 0.2) is 0 Å². The van der Waals surface area contributed by atoms with Crippen molar-refractivity contribution in [2.24, 2.45) is 0 Å². The van der Waals surface area contributed by atoms with Crippen LogP contribution in [-0.4, -0.2) is 54.6 Å². The highest BCUT2D eigenvalue weighted by Crippen LogP contribution is 2.42. The van der Waals surface area contributed by atoms with Crippen molar-refractivity contribution < 1.29 is 29.2 Å². The molecular formula is C55H49Br4NO6. The van der Waals surface area contributed by atoms with Crippen LogP contribution in [0.15, 0.2) is 157 Å². The lowest BCUT2D eigenvalue weighted by Crippen LogP contribution is -2.34. The minimum atomic E-state index is -0.291. The summed E-state index contributed by atoms with van der Waals surface area (Å²) in [7, 11) is 0. The summed E-state index contributed by atoms with van der Waals surface area (Å²) in [6, 6.07) is 47.4. The lowest BCUT2D eigenvalue weighted by Gasteiger charge is -2.32. The third-order valence-electron chi connectivity index (χ3n) is 12.1. The maximum absolute atomic E-state index is 12.1. The number of phenols is 2. The molecule has 2 heterocycles. The Morgan fingerprint density at radius 2 is 0.742 bits per heavy atom. The zero-order valence-electron chi connectivity index (χ0n) is 36.2. The maximum Gasteiger partial charge on any atom is 0.126 e. The van der Waals surface area contributed by atoms with E-state index < -0.39 is 0 Å². The van der Waals surface area contributed by atoms with Crippen molar-refractivity contribution in [2.75, 3.05) is 39.5 Å². The number of aromatic hydroxyl groups is 2. The summed E-state index contributed by atoms with van der Waals surface area (Å²) >= 11 is 15.2. The molecule has 0 saturated heterocycles. The lowest BCUT2D eigenvalue weighted by molar-refractivity contribution is -0.0213. The van der Waals surface area contributed by atoms with E-state index in [-0.39, 0.29) is 36.9 Å². The summed E-state index contributed by atoms with van der Waals surface area (Å²) in [5, 5.41) is 24.3. The first-order chi connectivity index (χ1) is 32.1. The molecule has 0 spiro atoms. The predicted molar refractivity (Wildman–Crippen MR) is 274 cm³/mol. The molecule has 66 heavy (non-hydrogen) atoms. The van der Waals surface area contributed by atoms with Crippen molar-refractivity contribution in [2.45, 2.75) is 44.4 Å². The van der Waals surface area contributed by atoms with E-state index in [1.807, 2.05) is 42.5 Å². The Labute approximate surface area is 420 Å². The van der Waals surface area contributed by atoms with Gasteiger partial charge in [0, 0.05) is 85.5 Å². The van der Waals surface area contributed by atoms with E-state index in [9.17, 15) is 10.2 Å². The topological polar surface area (TPSA) is 80.6 Å². The molecule has 1 unspecified atom stereocenters.